The average Bonchev–Trinajstić information content (AvgIpc) is 2.54. The molecule has 2 aromatic carbocycles. The molecule has 5 nitrogen and oxygen atoms in total. The lowest BCUT2D eigenvalue weighted by atomic mass is 10.1. The first-order valence-corrected chi connectivity index (χ1v) is 6.63. The Kier molecular flexibility index (Phi) is 4.56. The smallest absolute Gasteiger partial charge is 0.255 e. The number of nitrogens with two attached hydrogens (primary N) is 1. The third kappa shape index (κ3) is 3.39. The molecule has 0 aliphatic heterocycles. The molecule has 4 N–H and O–H groups in total. The number of anilines is 1. The largest absolute Gasteiger partial charge is 0.409 e. The van der Waals surface area contributed by atoms with Crippen LogP contribution in [-0.2, 0) is 6.42 Å². The maximum atomic E-state index is 12.3. The van der Waals surface area contributed by atoms with E-state index in [1.807, 2.05) is 31.2 Å². The van der Waals surface area contributed by atoms with Crippen LogP contribution < -0.4 is 11.1 Å². The van der Waals surface area contributed by atoms with Gasteiger partial charge in [-0.25, -0.2) is 0 Å². The van der Waals surface area contributed by atoms with E-state index in [0.717, 1.165) is 17.7 Å². The Bertz CT molecular complexity index is 681. The second-order valence-electron chi connectivity index (χ2n) is 4.53. The highest BCUT2D eigenvalue weighted by molar-refractivity contribution is 6.06. The number of oxime groups is 1. The van der Waals surface area contributed by atoms with Crippen molar-refractivity contribution < 1.29 is 10.0 Å². The van der Waals surface area contributed by atoms with Gasteiger partial charge in [-0.1, -0.05) is 42.4 Å². The molecule has 2 aromatic rings. The molecule has 5 heteroatoms. The van der Waals surface area contributed by atoms with Crippen molar-refractivity contribution in [3.8, 4) is 0 Å². The molecular weight excluding hydrogens is 266 g/mol. The quantitative estimate of drug-likeness (QED) is 0.349. The summed E-state index contributed by atoms with van der Waals surface area (Å²) in [5.41, 5.74) is 8.33. The molecule has 0 saturated carbocycles. The summed E-state index contributed by atoms with van der Waals surface area (Å²) in [5.74, 6) is -0.262. The summed E-state index contributed by atoms with van der Waals surface area (Å²) in [4.78, 5) is 12.3. The van der Waals surface area contributed by atoms with Gasteiger partial charge in [-0.15, -0.1) is 0 Å². The molecule has 0 heterocycles. The van der Waals surface area contributed by atoms with E-state index in [2.05, 4.69) is 10.5 Å². The number of para-hydroxylation sites is 1. The summed E-state index contributed by atoms with van der Waals surface area (Å²) < 4.78 is 0. The Balaban J connectivity index is 2.25. The van der Waals surface area contributed by atoms with Crippen LogP contribution in [0.3, 0.4) is 0 Å². The fourth-order valence-corrected chi connectivity index (χ4v) is 2.02. The summed E-state index contributed by atoms with van der Waals surface area (Å²) in [6.45, 7) is 2.03. The number of benzene rings is 2. The van der Waals surface area contributed by atoms with Gasteiger partial charge in [0.15, 0.2) is 5.84 Å². The van der Waals surface area contributed by atoms with E-state index in [4.69, 9.17) is 10.9 Å². The van der Waals surface area contributed by atoms with Crippen LogP contribution >= 0.6 is 0 Å². The van der Waals surface area contributed by atoms with Crippen molar-refractivity contribution >= 4 is 17.4 Å². The molecular formula is C16H17N3O2. The van der Waals surface area contributed by atoms with Crippen molar-refractivity contribution in [2.75, 3.05) is 5.32 Å². The highest BCUT2D eigenvalue weighted by Gasteiger charge is 2.10. The summed E-state index contributed by atoms with van der Waals surface area (Å²) in [6.07, 6.45) is 0.834. The third-order valence-electron chi connectivity index (χ3n) is 3.17. The van der Waals surface area contributed by atoms with Gasteiger partial charge in [0.25, 0.3) is 5.91 Å². The van der Waals surface area contributed by atoms with E-state index < -0.39 is 0 Å². The van der Waals surface area contributed by atoms with Crippen molar-refractivity contribution in [2.24, 2.45) is 10.9 Å². The van der Waals surface area contributed by atoms with Gasteiger partial charge in [-0.3, -0.25) is 4.79 Å². The van der Waals surface area contributed by atoms with Gasteiger partial charge >= 0.3 is 0 Å². The molecule has 2 rings (SSSR count). The van der Waals surface area contributed by atoms with Crippen molar-refractivity contribution in [3.05, 3.63) is 65.2 Å². The molecule has 0 atom stereocenters. The SMILES string of the molecule is CCc1ccccc1NC(=O)c1cccc(/C(N)=N/O)c1. The lowest BCUT2D eigenvalue weighted by molar-refractivity contribution is 0.102. The number of nitrogens with one attached hydrogen (secondary N) is 1. The molecule has 1 amide bonds. The first-order valence-electron chi connectivity index (χ1n) is 6.63. The fourth-order valence-electron chi connectivity index (χ4n) is 2.02. The number of aryl methyl sites for hydroxylation is 1. The fraction of sp³-hybridized carbons (Fsp3) is 0.125. The number of carbonyl (C=O) groups is 1. The van der Waals surface area contributed by atoms with E-state index in [0.29, 0.717) is 11.1 Å². The maximum absolute atomic E-state index is 12.3. The topological polar surface area (TPSA) is 87.7 Å². The van der Waals surface area contributed by atoms with Gasteiger partial charge in [0.1, 0.15) is 0 Å². The second kappa shape index (κ2) is 6.56. The van der Waals surface area contributed by atoms with Crippen LogP contribution in [0.4, 0.5) is 5.69 Å². The maximum Gasteiger partial charge on any atom is 0.255 e. The number of carbonyl (C=O) groups excluding carboxylic acids is 1. The van der Waals surface area contributed by atoms with Crippen LogP contribution in [0.15, 0.2) is 53.7 Å². The zero-order valence-electron chi connectivity index (χ0n) is 11.7. The predicted molar refractivity (Wildman–Crippen MR) is 82.7 cm³/mol. The molecule has 0 radical (unpaired) electrons. The number of hydrogen-bond acceptors (Lipinski definition) is 3. The third-order valence-corrected chi connectivity index (χ3v) is 3.17. The Morgan fingerprint density at radius 3 is 2.62 bits per heavy atom. The van der Waals surface area contributed by atoms with Crippen molar-refractivity contribution in [1.29, 1.82) is 0 Å². The monoisotopic (exact) mass is 283 g/mol. The van der Waals surface area contributed by atoms with E-state index in [9.17, 15) is 4.79 Å². The van der Waals surface area contributed by atoms with Gasteiger partial charge in [0, 0.05) is 16.8 Å². The van der Waals surface area contributed by atoms with Gasteiger partial charge in [0.2, 0.25) is 0 Å². The summed E-state index contributed by atoms with van der Waals surface area (Å²) >= 11 is 0. The van der Waals surface area contributed by atoms with E-state index in [1.54, 1.807) is 24.3 Å². The number of nitrogens with zero attached hydrogens (tertiary/aromatic N) is 1. The number of amidine groups is 1. The molecule has 21 heavy (non-hydrogen) atoms. The molecule has 108 valence electrons. The van der Waals surface area contributed by atoms with E-state index in [-0.39, 0.29) is 11.7 Å². The molecule has 0 aliphatic rings. The average molecular weight is 283 g/mol. The van der Waals surface area contributed by atoms with Crippen LogP contribution in [0, 0.1) is 0 Å². The van der Waals surface area contributed by atoms with Crippen molar-refractivity contribution in [3.63, 3.8) is 0 Å². The Morgan fingerprint density at radius 1 is 1.19 bits per heavy atom. The minimum absolute atomic E-state index is 0.0291. The number of amides is 1. The van der Waals surface area contributed by atoms with Crippen LogP contribution in [0.1, 0.15) is 28.4 Å². The molecule has 0 bridgehead atoms. The zero-order valence-corrected chi connectivity index (χ0v) is 11.7. The summed E-state index contributed by atoms with van der Waals surface area (Å²) in [6, 6.07) is 14.3. The van der Waals surface area contributed by atoms with Crippen LogP contribution in [-0.4, -0.2) is 17.0 Å². The summed E-state index contributed by atoms with van der Waals surface area (Å²) in [5, 5.41) is 14.5. The zero-order chi connectivity index (χ0) is 15.2. The molecule has 0 saturated heterocycles. The van der Waals surface area contributed by atoms with Gasteiger partial charge in [0.05, 0.1) is 0 Å². The van der Waals surface area contributed by atoms with Gasteiger partial charge in [-0.2, -0.15) is 0 Å². The second-order valence-corrected chi connectivity index (χ2v) is 4.53. The van der Waals surface area contributed by atoms with Crippen LogP contribution in [0.25, 0.3) is 0 Å². The van der Waals surface area contributed by atoms with Crippen LogP contribution in [0.2, 0.25) is 0 Å². The number of hydrogen-bond donors (Lipinski definition) is 3. The molecule has 0 unspecified atom stereocenters. The van der Waals surface area contributed by atoms with Crippen molar-refractivity contribution in [2.45, 2.75) is 13.3 Å². The minimum Gasteiger partial charge on any atom is -0.409 e. The van der Waals surface area contributed by atoms with Gasteiger partial charge in [-0.05, 0) is 30.2 Å². The van der Waals surface area contributed by atoms with Crippen LogP contribution in [0.5, 0.6) is 0 Å². The lowest BCUT2D eigenvalue weighted by Crippen LogP contribution is -2.16. The van der Waals surface area contributed by atoms with E-state index >= 15 is 0 Å². The standard InChI is InChI=1S/C16H17N3O2/c1-2-11-6-3-4-9-14(11)18-16(20)13-8-5-7-12(10-13)15(17)19-21/h3-10,21H,2H2,1H3,(H2,17,19)(H,18,20). The first kappa shape index (κ1) is 14.6. The molecule has 0 aromatic heterocycles. The summed E-state index contributed by atoms with van der Waals surface area (Å²) in [7, 11) is 0. The molecule has 0 spiro atoms. The highest BCUT2D eigenvalue weighted by Crippen LogP contribution is 2.17. The Morgan fingerprint density at radius 2 is 1.90 bits per heavy atom. The molecule has 0 aliphatic carbocycles. The lowest BCUT2D eigenvalue weighted by Gasteiger charge is -2.10. The van der Waals surface area contributed by atoms with Gasteiger partial charge < -0.3 is 16.3 Å². The number of rotatable bonds is 4. The Hall–Kier alpha value is -2.82. The Labute approximate surface area is 123 Å². The van der Waals surface area contributed by atoms with Crippen molar-refractivity contribution in [1.82, 2.24) is 0 Å². The first-order chi connectivity index (χ1) is 10.2. The predicted octanol–water partition coefficient (Wildman–Crippen LogP) is 2.60. The molecule has 0 fully saturated rings. The van der Waals surface area contributed by atoms with E-state index in [1.165, 1.54) is 0 Å². The minimum atomic E-state index is -0.233. The normalized spacial score (nSPS) is 11.2. The highest BCUT2D eigenvalue weighted by atomic mass is 16.4.